The summed E-state index contributed by atoms with van der Waals surface area (Å²) in [6.45, 7) is 2.60. The van der Waals surface area contributed by atoms with E-state index in [1.807, 2.05) is 0 Å². The molecule has 1 atom stereocenters. The molecule has 150 valence electrons. The van der Waals surface area contributed by atoms with Gasteiger partial charge in [0.1, 0.15) is 0 Å². The number of nitro groups is 1. The maximum absolute atomic E-state index is 11.7. The van der Waals surface area contributed by atoms with Crippen LogP contribution in [0.25, 0.3) is 6.08 Å². The number of thioether (sulfide) groups is 1. The fourth-order valence-electron chi connectivity index (χ4n) is 3.85. The summed E-state index contributed by atoms with van der Waals surface area (Å²) in [6, 6.07) is 4.60. The largest absolute Gasteiger partial charge is 0.487 e. The van der Waals surface area contributed by atoms with E-state index >= 15 is 0 Å². The maximum atomic E-state index is 11.7. The number of carbonyl (C=O) groups excluding carboxylic acids is 2. The third-order valence-electron chi connectivity index (χ3n) is 5.41. The molecule has 1 aromatic rings. The molecular formula is C20H24N2O5S. The van der Waals surface area contributed by atoms with Crippen molar-refractivity contribution in [2.24, 2.45) is 11.8 Å². The Morgan fingerprint density at radius 1 is 1.32 bits per heavy atom. The average molecular weight is 404 g/mol. The Labute approximate surface area is 168 Å². The van der Waals surface area contributed by atoms with Gasteiger partial charge in [0.05, 0.1) is 16.4 Å². The zero-order valence-electron chi connectivity index (χ0n) is 15.8. The number of carbonyl (C=O) groups is 2. The van der Waals surface area contributed by atoms with Crippen molar-refractivity contribution < 1.29 is 19.2 Å². The number of imide groups is 1. The lowest BCUT2D eigenvalue weighted by Crippen LogP contribution is -2.23. The number of nitrogens with zero attached hydrogens (tertiary/aromatic N) is 1. The van der Waals surface area contributed by atoms with E-state index in [1.54, 1.807) is 12.1 Å². The highest BCUT2D eigenvalue weighted by Crippen LogP contribution is 2.35. The summed E-state index contributed by atoms with van der Waals surface area (Å²) in [5, 5.41) is 13.2. The average Bonchev–Trinajstić information content (AvgIpc) is 3.00. The van der Waals surface area contributed by atoms with Gasteiger partial charge < -0.3 is 4.74 Å². The standard InChI is InChI=1S/C20H24N2O5S/c1-2-14(15-6-4-3-5-7-15)12-27-17-9-8-13(10-16(17)22(25)26)11-18-19(23)21-20(24)28-18/h8-11,14-15H,2-7,12H2,1H3,(H,21,23,24)/b18-11-. The van der Waals surface area contributed by atoms with Crippen molar-refractivity contribution in [2.75, 3.05) is 6.61 Å². The monoisotopic (exact) mass is 404 g/mol. The summed E-state index contributed by atoms with van der Waals surface area (Å²) in [7, 11) is 0. The summed E-state index contributed by atoms with van der Waals surface area (Å²) >= 11 is 0.780. The number of ether oxygens (including phenoxy) is 1. The molecule has 0 spiro atoms. The molecule has 0 radical (unpaired) electrons. The minimum Gasteiger partial charge on any atom is -0.487 e. The molecule has 7 nitrogen and oxygen atoms in total. The van der Waals surface area contributed by atoms with Crippen LogP contribution in [-0.4, -0.2) is 22.7 Å². The second-order valence-corrected chi connectivity index (χ2v) is 8.23. The Morgan fingerprint density at radius 3 is 2.68 bits per heavy atom. The predicted molar refractivity (Wildman–Crippen MR) is 108 cm³/mol. The van der Waals surface area contributed by atoms with Gasteiger partial charge in [-0.25, -0.2) is 0 Å². The molecule has 8 heteroatoms. The Morgan fingerprint density at radius 2 is 2.07 bits per heavy atom. The molecule has 1 saturated heterocycles. The topological polar surface area (TPSA) is 98.5 Å². The van der Waals surface area contributed by atoms with Crippen LogP contribution in [0.3, 0.4) is 0 Å². The number of rotatable bonds is 7. The van der Waals surface area contributed by atoms with E-state index < -0.39 is 16.1 Å². The van der Waals surface area contributed by atoms with Crippen molar-refractivity contribution in [1.82, 2.24) is 5.32 Å². The van der Waals surface area contributed by atoms with Crippen molar-refractivity contribution in [1.29, 1.82) is 0 Å². The molecule has 1 heterocycles. The van der Waals surface area contributed by atoms with E-state index in [2.05, 4.69) is 12.2 Å². The first-order valence-electron chi connectivity index (χ1n) is 9.64. The normalized spacial score (nSPS) is 20.2. The predicted octanol–water partition coefficient (Wildman–Crippen LogP) is 4.90. The SMILES string of the molecule is CCC(COc1ccc(/C=C2\SC(=O)NC2=O)cc1[N+](=O)[O-])C1CCCCC1. The summed E-state index contributed by atoms with van der Waals surface area (Å²) < 4.78 is 5.87. The molecule has 28 heavy (non-hydrogen) atoms. The van der Waals surface area contributed by atoms with Gasteiger partial charge in [-0.3, -0.25) is 25.0 Å². The van der Waals surface area contributed by atoms with Crippen molar-refractivity contribution in [3.05, 3.63) is 38.8 Å². The molecular weight excluding hydrogens is 380 g/mol. The van der Waals surface area contributed by atoms with Gasteiger partial charge in [0.15, 0.2) is 5.75 Å². The summed E-state index contributed by atoms with van der Waals surface area (Å²) in [5.74, 6) is 0.765. The lowest BCUT2D eigenvalue weighted by molar-refractivity contribution is -0.385. The third-order valence-corrected chi connectivity index (χ3v) is 6.22. The molecule has 1 saturated carbocycles. The van der Waals surface area contributed by atoms with Crippen molar-refractivity contribution >= 4 is 34.7 Å². The van der Waals surface area contributed by atoms with Crippen molar-refractivity contribution in [2.45, 2.75) is 45.4 Å². The van der Waals surface area contributed by atoms with Crippen LogP contribution < -0.4 is 10.1 Å². The third kappa shape index (κ3) is 4.92. The first-order valence-corrected chi connectivity index (χ1v) is 10.5. The van der Waals surface area contributed by atoms with Crippen LogP contribution in [0.2, 0.25) is 0 Å². The quantitative estimate of drug-likeness (QED) is 0.394. The first kappa shape index (κ1) is 20.4. The molecule has 1 aliphatic carbocycles. The lowest BCUT2D eigenvalue weighted by Gasteiger charge is -2.29. The van der Waals surface area contributed by atoms with Crippen LogP contribution in [0.5, 0.6) is 5.75 Å². The fourth-order valence-corrected chi connectivity index (χ4v) is 4.53. The molecule has 1 aliphatic heterocycles. The number of nitro benzene ring substituents is 1. The number of nitrogens with one attached hydrogen (secondary N) is 1. The number of hydrogen-bond acceptors (Lipinski definition) is 6. The Kier molecular flexibility index (Phi) is 6.72. The van der Waals surface area contributed by atoms with Gasteiger partial charge in [0, 0.05) is 6.07 Å². The summed E-state index contributed by atoms with van der Waals surface area (Å²) in [6.07, 6.45) is 8.65. The van der Waals surface area contributed by atoms with E-state index in [4.69, 9.17) is 4.74 Å². The second kappa shape index (κ2) is 9.23. The number of hydrogen-bond donors (Lipinski definition) is 1. The minimum atomic E-state index is -0.490. The molecule has 1 aromatic carbocycles. The van der Waals surface area contributed by atoms with E-state index in [-0.39, 0.29) is 16.3 Å². The minimum absolute atomic E-state index is 0.137. The molecule has 0 aromatic heterocycles. The van der Waals surface area contributed by atoms with Gasteiger partial charge in [-0.05, 0) is 47.7 Å². The van der Waals surface area contributed by atoms with E-state index in [0.29, 0.717) is 24.0 Å². The van der Waals surface area contributed by atoms with E-state index in [0.717, 1.165) is 18.2 Å². The van der Waals surface area contributed by atoms with Crippen molar-refractivity contribution in [3.63, 3.8) is 0 Å². The zero-order valence-corrected chi connectivity index (χ0v) is 16.6. The van der Waals surface area contributed by atoms with Crippen LogP contribution in [0, 0.1) is 22.0 Å². The molecule has 1 unspecified atom stereocenters. The van der Waals surface area contributed by atoms with Crippen LogP contribution in [0.15, 0.2) is 23.1 Å². The number of benzene rings is 1. The fraction of sp³-hybridized carbons (Fsp3) is 0.500. The smallest absolute Gasteiger partial charge is 0.311 e. The molecule has 2 fully saturated rings. The molecule has 2 amide bonds. The van der Waals surface area contributed by atoms with Gasteiger partial charge in [-0.2, -0.15) is 0 Å². The highest BCUT2D eigenvalue weighted by atomic mass is 32.2. The molecule has 2 aliphatic rings. The van der Waals surface area contributed by atoms with Gasteiger partial charge in [0.25, 0.3) is 11.1 Å². The Bertz CT molecular complexity index is 802. The maximum Gasteiger partial charge on any atom is 0.311 e. The first-order chi connectivity index (χ1) is 13.5. The van der Waals surface area contributed by atoms with Gasteiger partial charge in [0.2, 0.25) is 0 Å². The summed E-state index contributed by atoms with van der Waals surface area (Å²) in [4.78, 5) is 34.2. The Balaban J connectivity index is 1.74. The molecule has 3 rings (SSSR count). The van der Waals surface area contributed by atoms with Crippen LogP contribution >= 0.6 is 11.8 Å². The zero-order chi connectivity index (χ0) is 20.1. The lowest BCUT2D eigenvalue weighted by atomic mass is 9.79. The highest BCUT2D eigenvalue weighted by molar-refractivity contribution is 8.18. The van der Waals surface area contributed by atoms with Crippen LogP contribution in [0.1, 0.15) is 51.0 Å². The van der Waals surface area contributed by atoms with Gasteiger partial charge in [-0.1, -0.05) is 45.1 Å². The highest BCUT2D eigenvalue weighted by Gasteiger charge is 2.26. The Hall–Kier alpha value is -2.35. The van der Waals surface area contributed by atoms with E-state index in [9.17, 15) is 19.7 Å². The molecule has 0 bridgehead atoms. The van der Waals surface area contributed by atoms with Crippen LogP contribution in [0.4, 0.5) is 10.5 Å². The van der Waals surface area contributed by atoms with Gasteiger partial charge >= 0.3 is 5.69 Å². The van der Waals surface area contributed by atoms with E-state index in [1.165, 1.54) is 44.2 Å². The summed E-state index contributed by atoms with van der Waals surface area (Å²) in [5.41, 5.74) is 0.341. The second-order valence-electron chi connectivity index (χ2n) is 7.21. The van der Waals surface area contributed by atoms with Crippen LogP contribution in [-0.2, 0) is 4.79 Å². The van der Waals surface area contributed by atoms with Gasteiger partial charge in [-0.15, -0.1) is 0 Å². The van der Waals surface area contributed by atoms with Crippen molar-refractivity contribution in [3.8, 4) is 5.75 Å². The molecule has 1 N–H and O–H groups in total. The number of amides is 2.